The fraction of sp³-hybridized carbons (Fsp3) is 0.375. The summed E-state index contributed by atoms with van der Waals surface area (Å²) in [6.45, 7) is 4.97. The number of benzene rings is 1. The lowest BCUT2D eigenvalue weighted by molar-refractivity contribution is 0.184. The predicted molar refractivity (Wildman–Crippen MR) is 77.7 cm³/mol. The number of likely N-dealkylation sites (N-methyl/N-ethyl adjacent to an activating group) is 1. The molecule has 2 atom stereocenters. The molecule has 1 heterocycles. The number of nitrogens with zero attached hydrogens (tertiary/aromatic N) is 1. The molecule has 0 saturated carbocycles. The first kappa shape index (κ1) is 13.8. The normalized spacial score (nSPS) is 14.6. The van der Waals surface area contributed by atoms with Crippen molar-refractivity contribution in [3.05, 3.63) is 59.5 Å². The van der Waals surface area contributed by atoms with Crippen LogP contribution < -0.4 is 5.73 Å². The zero-order valence-electron chi connectivity index (χ0n) is 11.8. The molecule has 19 heavy (non-hydrogen) atoms. The van der Waals surface area contributed by atoms with Crippen LogP contribution in [0.25, 0.3) is 0 Å². The number of furan rings is 1. The zero-order valence-corrected chi connectivity index (χ0v) is 11.8. The molecule has 3 nitrogen and oxygen atoms in total. The van der Waals surface area contributed by atoms with Gasteiger partial charge in [-0.25, -0.2) is 0 Å². The predicted octanol–water partition coefficient (Wildman–Crippen LogP) is 3.11. The van der Waals surface area contributed by atoms with Crippen LogP contribution in [0.3, 0.4) is 0 Å². The molecule has 0 spiro atoms. The molecular formula is C16H22N2O. The van der Waals surface area contributed by atoms with Gasteiger partial charge in [-0.2, -0.15) is 0 Å². The van der Waals surface area contributed by atoms with Crippen molar-refractivity contribution in [2.24, 2.45) is 5.73 Å². The van der Waals surface area contributed by atoms with E-state index in [1.807, 2.05) is 19.1 Å². The second kappa shape index (κ2) is 6.04. The summed E-state index contributed by atoms with van der Waals surface area (Å²) >= 11 is 0. The van der Waals surface area contributed by atoms with Crippen molar-refractivity contribution in [3.8, 4) is 0 Å². The van der Waals surface area contributed by atoms with Gasteiger partial charge in [-0.05, 0) is 38.6 Å². The smallest absolute Gasteiger partial charge is 0.122 e. The van der Waals surface area contributed by atoms with Gasteiger partial charge >= 0.3 is 0 Å². The molecule has 3 heteroatoms. The largest absolute Gasteiger partial charge is 0.468 e. The summed E-state index contributed by atoms with van der Waals surface area (Å²) in [6.07, 6.45) is 1.70. The fourth-order valence-electron chi connectivity index (χ4n) is 2.42. The Labute approximate surface area is 115 Å². The van der Waals surface area contributed by atoms with Gasteiger partial charge in [0.25, 0.3) is 0 Å². The summed E-state index contributed by atoms with van der Waals surface area (Å²) in [5.41, 5.74) is 8.67. The molecule has 0 radical (unpaired) electrons. The van der Waals surface area contributed by atoms with Crippen LogP contribution in [0.5, 0.6) is 0 Å². The van der Waals surface area contributed by atoms with Crippen molar-refractivity contribution in [2.75, 3.05) is 7.05 Å². The van der Waals surface area contributed by atoms with E-state index in [-0.39, 0.29) is 12.1 Å². The average molecular weight is 258 g/mol. The molecule has 0 amide bonds. The van der Waals surface area contributed by atoms with Gasteiger partial charge in [0.05, 0.1) is 12.3 Å². The van der Waals surface area contributed by atoms with E-state index in [2.05, 4.69) is 43.1 Å². The van der Waals surface area contributed by atoms with Gasteiger partial charge in [0.1, 0.15) is 5.76 Å². The Bertz CT molecular complexity index is 488. The quantitative estimate of drug-likeness (QED) is 0.896. The van der Waals surface area contributed by atoms with Crippen LogP contribution in [0, 0.1) is 6.92 Å². The molecule has 2 rings (SSSR count). The van der Waals surface area contributed by atoms with Crippen molar-refractivity contribution in [1.29, 1.82) is 0 Å². The highest BCUT2D eigenvalue weighted by molar-refractivity contribution is 5.21. The summed E-state index contributed by atoms with van der Waals surface area (Å²) < 4.78 is 5.51. The maximum Gasteiger partial charge on any atom is 0.122 e. The van der Waals surface area contributed by atoms with Gasteiger partial charge in [0.2, 0.25) is 0 Å². The van der Waals surface area contributed by atoms with Gasteiger partial charge in [0, 0.05) is 12.6 Å². The van der Waals surface area contributed by atoms with Crippen molar-refractivity contribution >= 4 is 0 Å². The van der Waals surface area contributed by atoms with E-state index in [0.717, 1.165) is 12.3 Å². The summed E-state index contributed by atoms with van der Waals surface area (Å²) in [4.78, 5) is 2.23. The lowest BCUT2D eigenvalue weighted by atomic mass is 10.1. The minimum absolute atomic E-state index is 0.0154. The summed E-state index contributed by atoms with van der Waals surface area (Å²) in [7, 11) is 2.08. The zero-order chi connectivity index (χ0) is 13.8. The van der Waals surface area contributed by atoms with Crippen LogP contribution in [0.15, 0.2) is 47.1 Å². The Hall–Kier alpha value is -1.58. The van der Waals surface area contributed by atoms with Gasteiger partial charge in [0.15, 0.2) is 0 Å². The Morgan fingerprint density at radius 2 is 1.89 bits per heavy atom. The highest BCUT2D eigenvalue weighted by Crippen LogP contribution is 2.24. The van der Waals surface area contributed by atoms with Crippen LogP contribution in [-0.2, 0) is 6.54 Å². The Morgan fingerprint density at radius 3 is 2.42 bits per heavy atom. The van der Waals surface area contributed by atoms with E-state index >= 15 is 0 Å². The Balaban J connectivity index is 2.12. The highest BCUT2D eigenvalue weighted by atomic mass is 16.3. The third-order valence-corrected chi connectivity index (χ3v) is 3.36. The number of nitrogens with two attached hydrogens (primary N) is 1. The molecule has 2 unspecified atom stereocenters. The molecule has 2 aromatic rings. The first-order valence-electron chi connectivity index (χ1n) is 6.62. The molecule has 0 aliphatic heterocycles. The standard InChI is InChI=1S/C16H22N2O/c1-12-6-8-14(9-7-12)11-18(3)16(13(2)17)15-5-4-10-19-15/h4-10,13,16H,11,17H2,1-3H3. The number of hydrogen-bond donors (Lipinski definition) is 1. The summed E-state index contributed by atoms with van der Waals surface area (Å²) in [5, 5.41) is 0. The van der Waals surface area contributed by atoms with Crippen LogP contribution in [-0.4, -0.2) is 18.0 Å². The molecule has 0 saturated heterocycles. The number of aryl methyl sites for hydroxylation is 1. The minimum atomic E-state index is 0.0154. The van der Waals surface area contributed by atoms with Gasteiger partial charge in [-0.1, -0.05) is 29.8 Å². The molecule has 0 aliphatic carbocycles. The molecule has 2 N–H and O–H groups in total. The molecule has 0 fully saturated rings. The highest BCUT2D eigenvalue weighted by Gasteiger charge is 2.23. The fourth-order valence-corrected chi connectivity index (χ4v) is 2.42. The topological polar surface area (TPSA) is 42.4 Å². The van der Waals surface area contributed by atoms with Gasteiger partial charge < -0.3 is 10.2 Å². The van der Waals surface area contributed by atoms with Gasteiger partial charge in [-0.15, -0.1) is 0 Å². The lowest BCUT2D eigenvalue weighted by Gasteiger charge is -2.29. The van der Waals surface area contributed by atoms with Crippen LogP contribution >= 0.6 is 0 Å². The second-order valence-corrected chi connectivity index (χ2v) is 5.22. The van der Waals surface area contributed by atoms with Crippen molar-refractivity contribution in [1.82, 2.24) is 4.90 Å². The summed E-state index contributed by atoms with van der Waals surface area (Å²) in [6, 6.07) is 12.6. The van der Waals surface area contributed by atoms with E-state index in [1.165, 1.54) is 11.1 Å². The molecule has 1 aromatic heterocycles. The van der Waals surface area contributed by atoms with Gasteiger partial charge in [-0.3, -0.25) is 4.90 Å². The molecule has 0 bridgehead atoms. The second-order valence-electron chi connectivity index (χ2n) is 5.22. The molecule has 0 aliphatic rings. The van der Waals surface area contributed by atoms with Crippen molar-refractivity contribution in [2.45, 2.75) is 32.5 Å². The van der Waals surface area contributed by atoms with Crippen molar-refractivity contribution < 1.29 is 4.42 Å². The first-order valence-corrected chi connectivity index (χ1v) is 6.62. The van der Waals surface area contributed by atoms with Crippen molar-refractivity contribution in [3.63, 3.8) is 0 Å². The summed E-state index contributed by atoms with van der Waals surface area (Å²) in [5.74, 6) is 0.921. The first-order chi connectivity index (χ1) is 9.08. The number of rotatable bonds is 5. The Kier molecular flexibility index (Phi) is 4.40. The number of hydrogen-bond acceptors (Lipinski definition) is 3. The lowest BCUT2D eigenvalue weighted by Crippen LogP contribution is -2.36. The molecule has 102 valence electrons. The third kappa shape index (κ3) is 3.46. The van der Waals surface area contributed by atoms with E-state index in [0.29, 0.717) is 0 Å². The maximum atomic E-state index is 6.10. The molecular weight excluding hydrogens is 236 g/mol. The van der Waals surface area contributed by atoms with E-state index in [4.69, 9.17) is 10.2 Å². The van der Waals surface area contributed by atoms with E-state index in [9.17, 15) is 0 Å². The monoisotopic (exact) mass is 258 g/mol. The Morgan fingerprint density at radius 1 is 1.21 bits per heavy atom. The van der Waals surface area contributed by atoms with E-state index < -0.39 is 0 Å². The van der Waals surface area contributed by atoms with Crippen LogP contribution in [0.1, 0.15) is 29.9 Å². The average Bonchev–Trinajstić information content (AvgIpc) is 2.85. The van der Waals surface area contributed by atoms with Crippen LogP contribution in [0.2, 0.25) is 0 Å². The van der Waals surface area contributed by atoms with E-state index in [1.54, 1.807) is 6.26 Å². The third-order valence-electron chi connectivity index (χ3n) is 3.36. The minimum Gasteiger partial charge on any atom is -0.468 e. The maximum absolute atomic E-state index is 6.10. The SMILES string of the molecule is Cc1ccc(CN(C)C(c2ccco2)C(C)N)cc1. The van der Waals surface area contributed by atoms with Crippen LogP contribution in [0.4, 0.5) is 0 Å². The molecule has 1 aromatic carbocycles.